The predicted molar refractivity (Wildman–Crippen MR) is 114 cm³/mol. The fourth-order valence-corrected chi connectivity index (χ4v) is 3.77. The minimum absolute atomic E-state index is 0.172. The number of alkyl halides is 3. The van der Waals surface area contributed by atoms with Crippen molar-refractivity contribution in [1.29, 1.82) is 0 Å². The van der Waals surface area contributed by atoms with Crippen LogP contribution in [0.4, 0.5) is 18.9 Å². The van der Waals surface area contributed by atoms with Gasteiger partial charge in [0, 0.05) is 24.5 Å². The molecule has 0 amide bonds. The Hall–Kier alpha value is -2.63. The van der Waals surface area contributed by atoms with Crippen LogP contribution in [0, 0.1) is 5.92 Å². The second-order valence-corrected chi connectivity index (χ2v) is 7.83. The lowest BCUT2D eigenvalue weighted by Crippen LogP contribution is -2.19. The maximum absolute atomic E-state index is 12.2. The third-order valence-corrected chi connectivity index (χ3v) is 5.59. The Morgan fingerprint density at radius 3 is 2.40 bits per heavy atom. The Bertz CT molecular complexity index is 829. The summed E-state index contributed by atoms with van der Waals surface area (Å²) >= 11 is 0. The van der Waals surface area contributed by atoms with E-state index in [1.54, 1.807) is 12.1 Å². The van der Waals surface area contributed by atoms with Gasteiger partial charge >= 0.3 is 6.36 Å². The minimum atomic E-state index is -4.65. The standard InChI is InChI=1S/C24H29F3N2O/c1-2-21(28)10-5-19-6-11-22(12-7-19)29-16-15-20(17-29)4-3-18-8-13-23(14-9-18)30-24(25,26)27/h6-14,20H,2-5,15-17,28H2,1H3/b21-10+. The van der Waals surface area contributed by atoms with Gasteiger partial charge < -0.3 is 15.4 Å². The summed E-state index contributed by atoms with van der Waals surface area (Å²) in [4.78, 5) is 2.41. The monoisotopic (exact) mass is 418 g/mol. The molecule has 2 aromatic carbocycles. The number of rotatable bonds is 8. The van der Waals surface area contributed by atoms with E-state index in [1.165, 1.54) is 23.4 Å². The van der Waals surface area contributed by atoms with Gasteiger partial charge in [-0.3, -0.25) is 0 Å². The SMILES string of the molecule is CC/C(N)=C\Cc1ccc(N2CCC(CCc3ccc(OC(F)(F)F)cc3)C2)cc1. The van der Waals surface area contributed by atoms with Gasteiger partial charge in [-0.05, 0) is 73.4 Å². The lowest BCUT2D eigenvalue weighted by Gasteiger charge is -2.19. The Morgan fingerprint density at radius 1 is 1.10 bits per heavy atom. The van der Waals surface area contributed by atoms with E-state index in [0.29, 0.717) is 5.92 Å². The van der Waals surface area contributed by atoms with E-state index in [1.807, 2.05) is 0 Å². The zero-order chi connectivity index (χ0) is 21.6. The Morgan fingerprint density at radius 2 is 1.77 bits per heavy atom. The first kappa shape index (κ1) is 22.1. The molecule has 0 saturated carbocycles. The molecule has 30 heavy (non-hydrogen) atoms. The van der Waals surface area contributed by atoms with Crippen LogP contribution in [0.5, 0.6) is 5.75 Å². The van der Waals surface area contributed by atoms with Crippen molar-refractivity contribution in [3.63, 3.8) is 0 Å². The van der Waals surface area contributed by atoms with Crippen LogP contribution >= 0.6 is 0 Å². The quantitative estimate of drug-likeness (QED) is 0.585. The van der Waals surface area contributed by atoms with Crippen LogP contribution in [0.3, 0.4) is 0 Å². The van der Waals surface area contributed by atoms with Gasteiger partial charge in [-0.25, -0.2) is 0 Å². The zero-order valence-corrected chi connectivity index (χ0v) is 17.3. The number of aryl methyl sites for hydroxylation is 1. The molecule has 162 valence electrons. The molecule has 0 spiro atoms. The number of anilines is 1. The summed E-state index contributed by atoms with van der Waals surface area (Å²) in [5.41, 5.74) is 10.3. The van der Waals surface area contributed by atoms with Gasteiger partial charge in [0.25, 0.3) is 0 Å². The lowest BCUT2D eigenvalue weighted by molar-refractivity contribution is -0.274. The van der Waals surface area contributed by atoms with E-state index in [4.69, 9.17) is 5.73 Å². The molecule has 3 rings (SSSR count). The fourth-order valence-electron chi connectivity index (χ4n) is 3.77. The highest BCUT2D eigenvalue weighted by Gasteiger charge is 2.31. The average molecular weight is 419 g/mol. The van der Waals surface area contributed by atoms with Crippen LogP contribution in [0.15, 0.2) is 60.3 Å². The van der Waals surface area contributed by atoms with Crippen LogP contribution in [-0.2, 0) is 12.8 Å². The Balaban J connectivity index is 1.46. The van der Waals surface area contributed by atoms with Crippen molar-refractivity contribution in [1.82, 2.24) is 0 Å². The molecule has 0 aliphatic carbocycles. The van der Waals surface area contributed by atoms with Crippen LogP contribution in [0.25, 0.3) is 0 Å². The molecule has 2 aromatic rings. The maximum atomic E-state index is 12.2. The van der Waals surface area contributed by atoms with Gasteiger partial charge in [-0.1, -0.05) is 37.3 Å². The first-order valence-electron chi connectivity index (χ1n) is 10.5. The molecule has 0 bridgehead atoms. The highest BCUT2D eigenvalue weighted by molar-refractivity contribution is 5.48. The van der Waals surface area contributed by atoms with Crippen molar-refractivity contribution < 1.29 is 17.9 Å². The molecule has 1 fully saturated rings. The van der Waals surface area contributed by atoms with Gasteiger partial charge in [-0.15, -0.1) is 13.2 Å². The number of benzene rings is 2. The molecule has 1 aliphatic rings. The summed E-state index contributed by atoms with van der Waals surface area (Å²) in [6, 6.07) is 14.9. The number of nitrogens with two attached hydrogens (primary N) is 1. The van der Waals surface area contributed by atoms with Crippen molar-refractivity contribution in [2.24, 2.45) is 11.7 Å². The van der Waals surface area contributed by atoms with Crippen molar-refractivity contribution in [2.75, 3.05) is 18.0 Å². The highest BCUT2D eigenvalue weighted by Crippen LogP contribution is 2.28. The zero-order valence-electron chi connectivity index (χ0n) is 17.3. The average Bonchev–Trinajstić information content (AvgIpc) is 3.20. The molecule has 1 atom stereocenters. The van der Waals surface area contributed by atoms with Gasteiger partial charge in [0.15, 0.2) is 0 Å². The van der Waals surface area contributed by atoms with E-state index >= 15 is 0 Å². The second kappa shape index (κ2) is 9.92. The molecule has 0 radical (unpaired) electrons. The Labute approximate surface area is 176 Å². The number of hydrogen-bond acceptors (Lipinski definition) is 3. The number of halogens is 3. The third-order valence-electron chi connectivity index (χ3n) is 5.59. The summed E-state index contributed by atoms with van der Waals surface area (Å²) in [6.07, 6.45) is 2.17. The first-order valence-corrected chi connectivity index (χ1v) is 10.5. The van der Waals surface area contributed by atoms with E-state index in [-0.39, 0.29) is 5.75 Å². The van der Waals surface area contributed by atoms with E-state index in [2.05, 4.69) is 46.9 Å². The molecule has 1 saturated heterocycles. The number of hydrogen-bond donors (Lipinski definition) is 1. The molecule has 0 aromatic heterocycles. The largest absolute Gasteiger partial charge is 0.573 e. The summed E-state index contributed by atoms with van der Waals surface area (Å²) in [6.45, 7) is 4.10. The number of nitrogens with zero attached hydrogens (tertiary/aromatic N) is 1. The molecule has 1 aliphatic heterocycles. The first-order chi connectivity index (χ1) is 14.3. The van der Waals surface area contributed by atoms with E-state index in [0.717, 1.165) is 56.5 Å². The molecular formula is C24H29F3N2O. The maximum Gasteiger partial charge on any atom is 0.573 e. The highest BCUT2D eigenvalue weighted by atomic mass is 19.4. The molecule has 1 unspecified atom stereocenters. The van der Waals surface area contributed by atoms with Crippen molar-refractivity contribution in [3.8, 4) is 5.75 Å². The number of ether oxygens (including phenoxy) is 1. The topological polar surface area (TPSA) is 38.5 Å². The van der Waals surface area contributed by atoms with Crippen LogP contribution < -0.4 is 15.4 Å². The van der Waals surface area contributed by atoms with Crippen LogP contribution in [0.1, 0.15) is 37.3 Å². The van der Waals surface area contributed by atoms with E-state index in [9.17, 15) is 13.2 Å². The minimum Gasteiger partial charge on any atom is -0.406 e. The third kappa shape index (κ3) is 6.71. The van der Waals surface area contributed by atoms with E-state index < -0.39 is 6.36 Å². The summed E-state index contributed by atoms with van der Waals surface area (Å²) in [5, 5.41) is 0. The normalized spacial score (nSPS) is 17.4. The molecular weight excluding hydrogens is 389 g/mol. The van der Waals surface area contributed by atoms with Gasteiger partial charge in [0.1, 0.15) is 5.75 Å². The van der Waals surface area contributed by atoms with Crippen LogP contribution in [0.2, 0.25) is 0 Å². The molecule has 1 heterocycles. The van der Waals surface area contributed by atoms with Crippen LogP contribution in [-0.4, -0.2) is 19.5 Å². The summed E-state index contributed by atoms with van der Waals surface area (Å²) in [7, 11) is 0. The summed E-state index contributed by atoms with van der Waals surface area (Å²) in [5.74, 6) is 0.415. The van der Waals surface area contributed by atoms with Crippen molar-refractivity contribution in [2.45, 2.75) is 45.4 Å². The molecule has 3 nitrogen and oxygen atoms in total. The second-order valence-electron chi connectivity index (χ2n) is 7.83. The van der Waals surface area contributed by atoms with Gasteiger partial charge in [0.05, 0.1) is 0 Å². The summed E-state index contributed by atoms with van der Waals surface area (Å²) < 4.78 is 40.7. The van der Waals surface area contributed by atoms with Gasteiger partial charge in [-0.2, -0.15) is 0 Å². The van der Waals surface area contributed by atoms with Gasteiger partial charge in [0.2, 0.25) is 0 Å². The van der Waals surface area contributed by atoms with Crippen molar-refractivity contribution in [3.05, 3.63) is 71.4 Å². The fraction of sp³-hybridized carbons (Fsp3) is 0.417. The number of allylic oxidation sites excluding steroid dienone is 2. The smallest absolute Gasteiger partial charge is 0.406 e. The lowest BCUT2D eigenvalue weighted by atomic mass is 9.99. The van der Waals surface area contributed by atoms with Crippen molar-refractivity contribution >= 4 is 5.69 Å². The molecule has 6 heteroatoms. The molecule has 2 N–H and O–H groups in total. The predicted octanol–water partition coefficient (Wildman–Crippen LogP) is 5.84. The Kier molecular flexibility index (Phi) is 7.29.